The molecule has 0 spiro atoms. The molecule has 192 valence electrons. The number of hydrogen-bond acceptors (Lipinski definition) is 4. The molecule has 0 radical (unpaired) electrons. The standard InChI is InChI=1S/C24H30Cl3N3O4S/c1-4-6-12-28-24(32)22(5-2)29(15-17-10-11-20(26)21(27)13-17)23(31)16-30(35(3,33)34)19-9-7-8-18(25)14-19/h7-11,13-14,22H,4-6,12,15-16H2,1-3H3,(H,28,32). The van der Waals surface area contributed by atoms with Gasteiger partial charge >= 0.3 is 0 Å². The first kappa shape index (κ1) is 29.2. The van der Waals surface area contributed by atoms with Crippen molar-refractivity contribution < 1.29 is 18.0 Å². The van der Waals surface area contributed by atoms with Gasteiger partial charge in [0.05, 0.1) is 22.0 Å². The molecule has 1 atom stereocenters. The van der Waals surface area contributed by atoms with E-state index in [0.29, 0.717) is 33.6 Å². The number of rotatable bonds is 12. The minimum absolute atomic E-state index is 0.0442. The topological polar surface area (TPSA) is 86.8 Å². The van der Waals surface area contributed by atoms with Gasteiger partial charge in [0.1, 0.15) is 12.6 Å². The molecule has 35 heavy (non-hydrogen) atoms. The summed E-state index contributed by atoms with van der Waals surface area (Å²) in [5.74, 6) is -0.845. The number of benzene rings is 2. The van der Waals surface area contributed by atoms with Gasteiger partial charge < -0.3 is 10.2 Å². The first-order valence-corrected chi connectivity index (χ1v) is 14.2. The van der Waals surface area contributed by atoms with Crippen LogP contribution in [0.15, 0.2) is 42.5 Å². The van der Waals surface area contributed by atoms with E-state index in [-0.39, 0.29) is 18.1 Å². The molecule has 0 aromatic heterocycles. The maximum Gasteiger partial charge on any atom is 0.244 e. The van der Waals surface area contributed by atoms with Crippen molar-refractivity contribution in [3.8, 4) is 0 Å². The Morgan fingerprint density at radius 1 is 1.03 bits per heavy atom. The zero-order valence-electron chi connectivity index (χ0n) is 19.9. The fraction of sp³-hybridized carbons (Fsp3) is 0.417. The molecule has 2 rings (SSSR count). The van der Waals surface area contributed by atoms with Gasteiger partial charge in [-0.25, -0.2) is 8.42 Å². The summed E-state index contributed by atoms with van der Waals surface area (Å²) in [6.07, 6.45) is 3.06. The molecule has 1 N–H and O–H groups in total. The lowest BCUT2D eigenvalue weighted by Crippen LogP contribution is -2.52. The van der Waals surface area contributed by atoms with E-state index in [4.69, 9.17) is 34.8 Å². The summed E-state index contributed by atoms with van der Waals surface area (Å²) in [7, 11) is -3.83. The summed E-state index contributed by atoms with van der Waals surface area (Å²) in [6, 6.07) is 10.4. The van der Waals surface area contributed by atoms with E-state index < -0.39 is 28.5 Å². The third kappa shape index (κ3) is 8.56. The number of carbonyl (C=O) groups is 2. The number of nitrogens with one attached hydrogen (secondary N) is 1. The van der Waals surface area contributed by atoms with E-state index in [1.54, 1.807) is 43.3 Å². The minimum Gasteiger partial charge on any atom is -0.354 e. The van der Waals surface area contributed by atoms with Crippen molar-refractivity contribution >= 4 is 62.3 Å². The van der Waals surface area contributed by atoms with Gasteiger partial charge in [0.25, 0.3) is 0 Å². The second kappa shape index (κ2) is 13.3. The van der Waals surface area contributed by atoms with Crippen LogP contribution in [0, 0.1) is 0 Å². The number of amides is 2. The molecule has 0 aliphatic rings. The Morgan fingerprint density at radius 3 is 2.31 bits per heavy atom. The van der Waals surface area contributed by atoms with Gasteiger partial charge in [-0.3, -0.25) is 13.9 Å². The largest absolute Gasteiger partial charge is 0.354 e. The van der Waals surface area contributed by atoms with Gasteiger partial charge in [-0.05, 0) is 48.7 Å². The van der Waals surface area contributed by atoms with E-state index in [1.807, 2.05) is 6.92 Å². The van der Waals surface area contributed by atoms with Crippen molar-refractivity contribution in [2.75, 3.05) is 23.7 Å². The zero-order chi connectivity index (χ0) is 26.2. The van der Waals surface area contributed by atoms with E-state index in [0.717, 1.165) is 23.4 Å². The SMILES string of the molecule is CCCCNC(=O)C(CC)N(Cc1ccc(Cl)c(Cl)c1)C(=O)CN(c1cccc(Cl)c1)S(C)(=O)=O. The Kier molecular flexibility index (Phi) is 11.1. The normalized spacial score (nSPS) is 12.2. The molecule has 2 amide bonds. The van der Waals surface area contributed by atoms with E-state index in [2.05, 4.69) is 5.32 Å². The van der Waals surface area contributed by atoms with Gasteiger partial charge in [0.15, 0.2) is 0 Å². The number of hydrogen-bond donors (Lipinski definition) is 1. The lowest BCUT2D eigenvalue weighted by atomic mass is 10.1. The molecular weight excluding hydrogens is 533 g/mol. The number of nitrogens with zero attached hydrogens (tertiary/aromatic N) is 2. The average Bonchev–Trinajstić information content (AvgIpc) is 2.79. The predicted molar refractivity (Wildman–Crippen MR) is 143 cm³/mol. The summed E-state index contributed by atoms with van der Waals surface area (Å²) in [4.78, 5) is 28.0. The van der Waals surface area contributed by atoms with Crippen LogP contribution in [0.25, 0.3) is 0 Å². The highest BCUT2D eigenvalue weighted by molar-refractivity contribution is 7.92. The molecule has 0 saturated heterocycles. The molecule has 2 aromatic rings. The maximum absolute atomic E-state index is 13.6. The molecule has 1 unspecified atom stereocenters. The van der Waals surface area contributed by atoms with E-state index >= 15 is 0 Å². The smallest absolute Gasteiger partial charge is 0.244 e. The summed E-state index contributed by atoms with van der Waals surface area (Å²) in [5, 5.41) is 3.88. The molecule has 0 aliphatic heterocycles. The second-order valence-electron chi connectivity index (χ2n) is 8.09. The summed E-state index contributed by atoms with van der Waals surface area (Å²) in [6.45, 7) is 3.84. The molecule has 11 heteroatoms. The van der Waals surface area contributed by atoms with Crippen LogP contribution in [-0.4, -0.2) is 50.5 Å². The quantitative estimate of drug-likeness (QED) is 0.363. The van der Waals surface area contributed by atoms with Crippen LogP contribution in [-0.2, 0) is 26.2 Å². The first-order chi connectivity index (χ1) is 16.5. The Balaban J connectivity index is 2.42. The van der Waals surface area contributed by atoms with Gasteiger partial charge in [0, 0.05) is 18.1 Å². The van der Waals surface area contributed by atoms with Gasteiger partial charge in [-0.1, -0.05) is 67.2 Å². The van der Waals surface area contributed by atoms with Crippen LogP contribution in [0.5, 0.6) is 0 Å². The highest BCUT2D eigenvalue weighted by Gasteiger charge is 2.31. The average molecular weight is 563 g/mol. The Bertz CT molecular complexity index is 1140. The van der Waals surface area contributed by atoms with Gasteiger partial charge in [0.2, 0.25) is 21.8 Å². The van der Waals surface area contributed by atoms with Crippen molar-refractivity contribution in [2.45, 2.75) is 45.7 Å². The minimum atomic E-state index is -3.83. The van der Waals surface area contributed by atoms with Crippen LogP contribution in [0.4, 0.5) is 5.69 Å². The van der Waals surface area contributed by atoms with Crippen molar-refractivity contribution in [3.63, 3.8) is 0 Å². The lowest BCUT2D eigenvalue weighted by Gasteiger charge is -2.33. The maximum atomic E-state index is 13.6. The number of unbranched alkanes of at least 4 members (excludes halogenated alkanes) is 1. The summed E-state index contributed by atoms with van der Waals surface area (Å²) < 4.78 is 26.2. The third-order valence-electron chi connectivity index (χ3n) is 5.33. The number of carbonyl (C=O) groups excluding carboxylic acids is 2. The number of halogens is 3. The van der Waals surface area contributed by atoms with Crippen LogP contribution in [0.2, 0.25) is 15.1 Å². The molecule has 2 aromatic carbocycles. The molecule has 0 bridgehead atoms. The fourth-order valence-corrected chi connectivity index (χ4v) is 4.85. The highest BCUT2D eigenvalue weighted by atomic mass is 35.5. The Labute approximate surface area is 222 Å². The molecule has 0 aliphatic carbocycles. The Morgan fingerprint density at radius 2 is 1.74 bits per heavy atom. The van der Waals surface area contributed by atoms with E-state index in [1.165, 1.54) is 11.0 Å². The lowest BCUT2D eigenvalue weighted by molar-refractivity contribution is -0.140. The number of anilines is 1. The second-order valence-corrected chi connectivity index (χ2v) is 11.2. The van der Waals surface area contributed by atoms with Gasteiger partial charge in [-0.15, -0.1) is 0 Å². The van der Waals surface area contributed by atoms with Crippen LogP contribution >= 0.6 is 34.8 Å². The van der Waals surface area contributed by atoms with Gasteiger partial charge in [-0.2, -0.15) is 0 Å². The van der Waals surface area contributed by atoms with Crippen molar-refractivity contribution in [1.82, 2.24) is 10.2 Å². The first-order valence-electron chi connectivity index (χ1n) is 11.2. The van der Waals surface area contributed by atoms with Crippen LogP contribution in [0.1, 0.15) is 38.7 Å². The predicted octanol–water partition coefficient (Wildman–Crippen LogP) is 5.14. The monoisotopic (exact) mass is 561 g/mol. The molecule has 0 saturated carbocycles. The van der Waals surface area contributed by atoms with Crippen molar-refractivity contribution in [3.05, 3.63) is 63.1 Å². The molecule has 7 nitrogen and oxygen atoms in total. The van der Waals surface area contributed by atoms with Crippen LogP contribution in [0.3, 0.4) is 0 Å². The highest BCUT2D eigenvalue weighted by Crippen LogP contribution is 2.25. The summed E-state index contributed by atoms with van der Waals surface area (Å²) in [5.41, 5.74) is 0.907. The fourth-order valence-electron chi connectivity index (χ4n) is 3.51. The zero-order valence-corrected chi connectivity index (χ0v) is 23.0. The van der Waals surface area contributed by atoms with Crippen LogP contribution < -0.4 is 9.62 Å². The summed E-state index contributed by atoms with van der Waals surface area (Å²) >= 11 is 18.2. The molecule has 0 heterocycles. The Hall–Kier alpha value is -2.00. The van der Waals surface area contributed by atoms with E-state index in [9.17, 15) is 18.0 Å². The number of sulfonamides is 1. The molecular formula is C24H30Cl3N3O4S. The third-order valence-corrected chi connectivity index (χ3v) is 7.44. The molecule has 0 fully saturated rings. The van der Waals surface area contributed by atoms with Crippen molar-refractivity contribution in [1.29, 1.82) is 0 Å². The van der Waals surface area contributed by atoms with Crippen molar-refractivity contribution in [2.24, 2.45) is 0 Å².